The SMILES string of the molecule is Cc1cn(CCc2nc(N)nc(N)n2)cn1. The van der Waals surface area contributed by atoms with Crippen molar-refractivity contribution in [2.75, 3.05) is 11.5 Å². The first-order valence-corrected chi connectivity index (χ1v) is 4.88. The van der Waals surface area contributed by atoms with Crippen molar-refractivity contribution >= 4 is 11.9 Å². The molecule has 0 fully saturated rings. The molecule has 2 rings (SSSR count). The topological polar surface area (TPSA) is 109 Å². The van der Waals surface area contributed by atoms with E-state index in [0.29, 0.717) is 12.2 Å². The highest BCUT2D eigenvalue weighted by molar-refractivity contribution is 5.25. The number of nitrogens with two attached hydrogens (primary N) is 2. The molecule has 0 spiro atoms. The normalized spacial score (nSPS) is 10.6. The van der Waals surface area contributed by atoms with Crippen molar-refractivity contribution < 1.29 is 0 Å². The monoisotopic (exact) mass is 219 g/mol. The molecule has 0 radical (unpaired) electrons. The first kappa shape index (κ1) is 10.3. The molecule has 0 saturated carbocycles. The Labute approximate surface area is 92.6 Å². The highest BCUT2D eigenvalue weighted by Gasteiger charge is 2.02. The Morgan fingerprint density at radius 2 is 1.88 bits per heavy atom. The molecule has 0 aromatic carbocycles. The molecule has 2 aromatic heterocycles. The molecule has 7 heteroatoms. The number of aromatic nitrogens is 5. The molecule has 0 amide bonds. The fourth-order valence-corrected chi connectivity index (χ4v) is 1.39. The van der Waals surface area contributed by atoms with Crippen LogP contribution in [0.4, 0.5) is 11.9 Å². The van der Waals surface area contributed by atoms with Crippen LogP contribution in [0.3, 0.4) is 0 Å². The summed E-state index contributed by atoms with van der Waals surface area (Å²) in [5, 5.41) is 0. The molecule has 0 aliphatic rings. The van der Waals surface area contributed by atoms with E-state index in [1.165, 1.54) is 0 Å². The Balaban J connectivity index is 2.04. The molecular weight excluding hydrogens is 206 g/mol. The van der Waals surface area contributed by atoms with Gasteiger partial charge in [0.2, 0.25) is 11.9 Å². The van der Waals surface area contributed by atoms with Crippen molar-refractivity contribution in [2.24, 2.45) is 0 Å². The molecule has 0 atom stereocenters. The standard InChI is InChI=1S/C9H13N7/c1-6-4-16(5-12-6)3-2-7-13-8(10)15-9(11)14-7/h4-5H,2-3H2,1H3,(H4,10,11,13,14,15). The molecule has 0 unspecified atom stereocenters. The highest BCUT2D eigenvalue weighted by atomic mass is 15.1. The van der Waals surface area contributed by atoms with Crippen molar-refractivity contribution in [2.45, 2.75) is 19.9 Å². The van der Waals surface area contributed by atoms with Crippen molar-refractivity contribution in [1.29, 1.82) is 0 Å². The molecule has 0 aliphatic carbocycles. The minimum absolute atomic E-state index is 0.157. The number of nitrogens with zero attached hydrogens (tertiary/aromatic N) is 5. The van der Waals surface area contributed by atoms with Crippen LogP contribution in [-0.2, 0) is 13.0 Å². The molecule has 16 heavy (non-hydrogen) atoms. The quantitative estimate of drug-likeness (QED) is 0.739. The van der Waals surface area contributed by atoms with E-state index in [9.17, 15) is 0 Å². The lowest BCUT2D eigenvalue weighted by Gasteiger charge is -2.02. The van der Waals surface area contributed by atoms with Gasteiger partial charge in [-0.15, -0.1) is 0 Å². The van der Waals surface area contributed by atoms with Gasteiger partial charge in [0.15, 0.2) is 0 Å². The fraction of sp³-hybridized carbons (Fsp3) is 0.333. The van der Waals surface area contributed by atoms with Gasteiger partial charge in [-0.1, -0.05) is 0 Å². The Hall–Kier alpha value is -2.18. The van der Waals surface area contributed by atoms with Gasteiger partial charge < -0.3 is 16.0 Å². The second kappa shape index (κ2) is 4.13. The number of imidazole rings is 1. The Kier molecular flexibility index (Phi) is 2.67. The zero-order chi connectivity index (χ0) is 11.5. The van der Waals surface area contributed by atoms with E-state index < -0.39 is 0 Å². The van der Waals surface area contributed by atoms with Gasteiger partial charge in [0.1, 0.15) is 5.82 Å². The Morgan fingerprint density at radius 3 is 2.44 bits per heavy atom. The largest absolute Gasteiger partial charge is 0.368 e. The zero-order valence-corrected chi connectivity index (χ0v) is 8.96. The van der Waals surface area contributed by atoms with Gasteiger partial charge in [0.05, 0.1) is 12.0 Å². The molecule has 84 valence electrons. The number of aryl methyl sites for hydroxylation is 3. The van der Waals surface area contributed by atoms with E-state index >= 15 is 0 Å². The van der Waals surface area contributed by atoms with Gasteiger partial charge >= 0.3 is 0 Å². The molecule has 0 aliphatic heterocycles. The maximum Gasteiger partial charge on any atom is 0.225 e. The van der Waals surface area contributed by atoms with Crippen LogP contribution in [0.1, 0.15) is 11.5 Å². The summed E-state index contributed by atoms with van der Waals surface area (Å²) >= 11 is 0. The highest BCUT2D eigenvalue weighted by Crippen LogP contribution is 2.01. The van der Waals surface area contributed by atoms with Crippen LogP contribution in [0.25, 0.3) is 0 Å². The maximum absolute atomic E-state index is 5.47. The summed E-state index contributed by atoms with van der Waals surface area (Å²) in [6.45, 7) is 2.68. The molecule has 2 aromatic rings. The molecule has 0 bridgehead atoms. The van der Waals surface area contributed by atoms with Crippen LogP contribution < -0.4 is 11.5 Å². The summed E-state index contributed by atoms with van der Waals surface area (Å²) in [5.41, 5.74) is 11.9. The van der Waals surface area contributed by atoms with Crippen LogP contribution in [-0.4, -0.2) is 24.5 Å². The van der Waals surface area contributed by atoms with Crippen LogP contribution in [0, 0.1) is 6.92 Å². The lowest BCUT2D eigenvalue weighted by Crippen LogP contribution is -2.09. The van der Waals surface area contributed by atoms with Gasteiger partial charge in [-0.3, -0.25) is 0 Å². The van der Waals surface area contributed by atoms with E-state index in [1.807, 2.05) is 17.7 Å². The minimum Gasteiger partial charge on any atom is -0.368 e. The van der Waals surface area contributed by atoms with Crippen molar-refractivity contribution in [3.05, 3.63) is 24.0 Å². The van der Waals surface area contributed by atoms with E-state index in [2.05, 4.69) is 19.9 Å². The number of anilines is 2. The smallest absolute Gasteiger partial charge is 0.225 e. The maximum atomic E-state index is 5.47. The second-order valence-electron chi connectivity index (χ2n) is 3.47. The number of hydrogen-bond acceptors (Lipinski definition) is 6. The van der Waals surface area contributed by atoms with Crippen LogP contribution >= 0.6 is 0 Å². The molecular formula is C9H13N7. The molecule has 7 nitrogen and oxygen atoms in total. The molecule has 0 saturated heterocycles. The molecule has 4 N–H and O–H groups in total. The van der Waals surface area contributed by atoms with Crippen molar-refractivity contribution in [3.8, 4) is 0 Å². The van der Waals surface area contributed by atoms with Gasteiger partial charge in [0, 0.05) is 19.2 Å². The van der Waals surface area contributed by atoms with E-state index in [0.717, 1.165) is 12.2 Å². The van der Waals surface area contributed by atoms with Crippen LogP contribution in [0.15, 0.2) is 12.5 Å². The van der Waals surface area contributed by atoms with Crippen LogP contribution in [0.2, 0.25) is 0 Å². The summed E-state index contributed by atoms with van der Waals surface area (Å²) in [4.78, 5) is 15.8. The minimum atomic E-state index is 0.157. The average Bonchev–Trinajstić information content (AvgIpc) is 2.60. The van der Waals surface area contributed by atoms with Gasteiger partial charge in [-0.25, -0.2) is 4.98 Å². The summed E-state index contributed by atoms with van der Waals surface area (Å²) in [7, 11) is 0. The third kappa shape index (κ3) is 2.44. The average molecular weight is 219 g/mol. The number of hydrogen-bond donors (Lipinski definition) is 2. The van der Waals surface area contributed by atoms with E-state index in [4.69, 9.17) is 11.5 Å². The predicted octanol–water partition coefficient (Wildman–Crippen LogP) is -0.216. The molecule has 2 heterocycles. The van der Waals surface area contributed by atoms with Gasteiger partial charge in [-0.2, -0.15) is 15.0 Å². The van der Waals surface area contributed by atoms with Crippen molar-refractivity contribution in [1.82, 2.24) is 24.5 Å². The lowest BCUT2D eigenvalue weighted by atomic mass is 10.4. The third-order valence-corrected chi connectivity index (χ3v) is 2.07. The van der Waals surface area contributed by atoms with E-state index in [1.54, 1.807) is 6.33 Å². The summed E-state index contributed by atoms with van der Waals surface area (Å²) < 4.78 is 1.96. The number of rotatable bonds is 3. The van der Waals surface area contributed by atoms with E-state index in [-0.39, 0.29) is 11.9 Å². The van der Waals surface area contributed by atoms with Gasteiger partial charge in [0.25, 0.3) is 0 Å². The summed E-state index contributed by atoms with van der Waals surface area (Å²) in [6, 6.07) is 0. The van der Waals surface area contributed by atoms with Gasteiger partial charge in [-0.05, 0) is 6.92 Å². The Bertz CT molecular complexity index is 470. The third-order valence-electron chi connectivity index (χ3n) is 2.07. The first-order chi connectivity index (χ1) is 7.63. The summed E-state index contributed by atoms with van der Waals surface area (Å²) in [5.74, 6) is 0.907. The number of nitrogen functional groups attached to an aromatic ring is 2. The Morgan fingerprint density at radius 1 is 1.19 bits per heavy atom. The first-order valence-electron chi connectivity index (χ1n) is 4.88. The lowest BCUT2D eigenvalue weighted by molar-refractivity contribution is 0.669. The fourth-order valence-electron chi connectivity index (χ4n) is 1.39. The van der Waals surface area contributed by atoms with Crippen molar-refractivity contribution in [3.63, 3.8) is 0 Å². The van der Waals surface area contributed by atoms with Crippen LogP contribution in [0.5, 0.6) is 0 Å². The zero-order valence-electron chi connectivity index (χ0n) is 8.96. The predicted molar refractivity (Wildman–Crippen MR) is 59.3 cm³/mol. The second-order valence-corrected chi connectivity index (χ2v) is 3.47. The summed E-state index contributed by atoms with van der Waals surface area (Å²) in [6.07, 6.45) is 4.36.